The first kappa shape index (κ1) is 21.4. The van der Waals surface area contributed by atoms with E-state index in [0.29, 0.717) is 28.6 Å². The Labute approximate surface area is 187 Å². The standard InChI is InChI=1S/C24H18ClNO6/c1-3-26-18-9-20-15(6-11(18)2)22(16-8-17(25)19(27)10-21(16)32-20)14-7-12(23(28)29)4-5-13(14)24(30)31/h4-10,26H,3H2,1-2H3,(H,28,29)(H,30,31). The van der Waals surface area contributed by atoms with Crippen molar-refractivity contribution in [1.82, 2.24) is 0 Å². The van der Waals surface area contributed by atoms with Crippen molar-refractivity contribution in [2.45, 2.75) is 13.8 Å². The maximum absolute atomic E-state index is 12.2. The maximum Gasteiger partial charge on any atom is 0.336 e. The molecule has 0 saturated heterocycles. The van der Waals surface area contributed by atoms with Gasteiger partial charge in [-0.1, -0.05) is 11.6 Å². The van der Waals surface area contributed by atoms with Gasteiger partial charge in [0, 0.05) is 40.9 Å². The molecule has 2 aromatic carbocycles. The van der Waals surface area contributed by atoms with E-state index in [4.69, 9.17) is 16.0 Å². The summed E-state index contributed by atoms with van der Waals surface area (Å²) in [5, 5.41) is 23.1. The van der Waals surface area contributed by atoms with Crippen LogP contribution in [0.3, 0.4) is 0 Å². The Balaban J connectivity index is 2.23. The lowest BCUT2D eigenvalue weighted by atomic mass is 9.89. The van der Waals surface area contributed by atoms with Crippen LogP contribution in [0.4, 0.5) is 5.69 Å². The lowest BCUT2D eigenvalue weighted by molar-refractivity contribution is 0.0682. The zero-order chi connectivity index (χ0) is 23.2. The molecule has 0 unspecified atom stereocenters. The number of carbonyl (C=O) groups is 2. The lowest BCUT2D eigenvalue weighted by Gasteiger charge is -2.19. The summed E-state index contributed by atoms with van der Waals surface area (Å²) in [6.45, 7) is 4.52. The molecule has 162 valence electrons. The molecule has 0 fully saturated rings. The Morgan fingerprint density at radius 1 is 1.03 bits per heavy atom. The van der Waals surface area contributed by atoms with Crippen molar-refractivity contribution in [1.29, 1.82) is 0 Å². The Morgan fingerprint density at radius 3 is 2.44 bits per heavy atom. The molecular formula is C24H18ClNO6. The van der Waals surface area contributed by atoms with Crippen molar-refractivity contribution in [3.8, 4) is 22.5 Å². The molecular weight excluding hydrogens is 434 g/mol. The van der Waals surface area contributed by atoms with Crippen LogP contribution in [0.1, 0.15) is 33.2 Å². The lowest BCUT2D eigenvalue weighted by Crippen LogP contribution is -2.07. The van der Waals surface area contributed by atoms with Crippen molar-refractivity contribution < 1.29 is 24.2 Å². The van der Waals surface area contributed by atoms with Gasteiger partial charge in [0.15, 0.2) is 0 Å². The van der Waals surface area contributed by atoms with Gasteiger partial charge in [-0.25, -0.2) is 9.59 Å². The number of hydrogen-bond acceptors (Lipinski definition) is 5. The van der Waals surface area contributed by atoms with Crippen LogP contribution >= 0.6 is 11.6 Å². The molecule has 4 rings (SSSR count). The number of hydrogen-bond donors (Lipinski definition) is 3. The molecule has 0 radical (unpaired) electrons. The van der Waals surface area contributed by atoms with Gasteiger partial charge in [-0.3, -0.25) is 4.79 Å². The molecule has 3 N–H and O–H groups in total. The number of benzene rings is 3. The maximum atomic E-state index is 12.2. The summed E-state index contributed by atoms with van der Waals surface area (Å²) in [6, 6.07) is 10.1. The van der Waals surface area contributed by atoms with Crippen LogP contribution in [0.15, 0.2) is 51.7 Å². The number of carboxylic acids is 2. The summed E-state index contributed by atoms with van der Waals surface area (Å²) >= 11 is 6.11. The number of fused-ring (bicyclic) bond motifs is 2. The van der Waals surface area contributed by atoms with E-state index in [2.05, 4.69) is 5.32 Å². The molecule has 0 bridgehead atoms. The van der Waals surface area contributed by atoms with Crippen LogP contribution in [0.25, 0.3) is 33.4 Å². The van der Waals surface area contributed by atoms with Crippen LogP contribution in [-0.2, 0) is 0 Å². The Morgan fingerprint density at radius 2 is 1.78 bits per heavy atom. The van der Waals surface area contributed by atoms with Crippen molar-refractivity contribution in [2.24, 2.45) is 0 Å². The first-order valence-corrected chi connectivity index (χ1v) is 10.1. The Hall–Kier alpha value is -3.84. The van der Waals surface area contributed by atoms with Gasteiger partial charge in [0.25, 0.3) is 0 Å². The normalized spacial score (nSPS) is 11.1. The topological polar surface area (TPSA) is 117 Å². The summed E-state index contributed by atoms with van der Waals surface area (Å²) in [5.74, 6) is -2.19. The number of anilines is 1. The highest BCUT2D eigenvalue weighted by Gasteiger charge is 2.24. The second-order valence-corrected chi connectivity index (χ2v) is 7.73. The smallest absolute Gasteiger partial charge is 0.336 e. The summed E-state index contributed by atoms with van der Waals surface area (Å²) in [6.07, 6.45) is 0. The molecule has 1 aliphatic carbocycles. The second kappa shape index (κ2) is 8.01. The summed E-state index contributed by atoms with van der Waals surface area (Å²) < 4.78 is 6.00. The number of halogens is 1. The monoisotopic (exact) mass is 451 g/mol. The Kier molecular flexibility index (Phi) is 5.36. The van der Waals surface area contributed by atoms with E-state index in [9.17, 15) is 24.6 Å². The molecule has 1 heterocycles. The highest BCUT2D eigenvalue weighted by atomic mass is 35.5. The first-order chi connectivity index (χ1) is 15.2. The van der Waals surface area contributed by atoms with E-state index in [1.165, 1.54) is 30.3 Å². The van der Waals surface area contributed by atoms with Crippen LogP contribution in [0.2, 0.25) is 5.02 Å². The Bertz CT molecular complexity index is 1440. The number of rotatable bonds is 5. The van der Waals surface area contributed by atoms with Crippen molar-refractivity contribution in [3.05, 3.63) is 74.4 Å². The molecule has 8 heteroatoms. The average Bonchev–Trinajstić information content (AvgIpc) is 2.74. The minimum atomic E-state index is -1.22. The number of nitrogens with one attached hydrogen (secondary N) is 1. The van der Waals surface area contributed by atoms with E-state index in [0.717, 1.165) is 11.3 Å². The van der Waals surface area contributed by atoms with Gasteiger partial charge in [0.05, 0.1) is 16.1 Å². The molecule has 0 atom stereocenters. The number of aryl methyl sites for hydroxylation is 1. The third-order valence-corrected chi connectivity index (χ3v) is 5.55. The van der Waals surface area contributed by atoms with Gasteiger partial charge in [0.1, 0.15) is 11.3 Å². The summed E-state index contributed by atoms with van der Waals surface area (Å²) in [5.41, 5.74) is 2.54. The molecule has 0 amide bonds. The predicted molar refractivity (Wildman–Crippen MR) is 122 cm³/mol. The zero-order valence-electron chi connectivity index (χ0n) is 17.2. The molecule has 2 aromatic rings. The molecule has 2 aliphatic rings. The highest BCUT2D eigenvalue weighted by Crippen LogP contribution is 2.43. The van der Waals surface area contributed by atoms with Crippen LogP contribution in [0, 0.1) is 6.92 Å². The van der Waals surface area contributed by atoms with Gasteiger partial charge in [-0.15, -0.1) is 0 Å². The summed E-state index contributed by atoms with van der Waals surface area (Å²) in [7, 11) is 0. The quantitative estimate of drug-likeness (QED) is 0.350. The number of carboxylic acid groups (broad SMARTS) is 2. The molecule has 0 saturated carbocycles. The third-order valence-electron chi connectivity index (χ3n) is 5.25. The van der Waals surface area contributed by atoms with Gasteiger partial charge >= 0.3 is 11.9 Å². The SMILES string of the molecule is CCNc1cc2oc3cc(=O)c(Cl)cc-3c(-c3cc(C(=O)O)ccc3C(=O)O)c2cc1C. The van der Waals surface area contributed by atoms with E-state index in [1.54, 1.807) is 6.07 Å². The fraction of sp³-hybridized carbons (Fsp3) is 0.125. The predicted octanol–water partition coefficient (Wildman–Crippen LogP) is 5.35. The van der Waals surface area contributed by atoms with Crippen molar-refractivity contribution >= 4 is 40.2 Å². The molecule has 7 nitrogen and oxygen atoms in total. The third kappa shape index (κ3) is 3.56. The number of aromatic carboxylic acids is 2. The highest BCUT2D eigenvalue weighted by molar-refractivity contribution is 6.31. The van der Waals surface area contributed by atoms with Crippen LogP contribution < -0.4 is 10.7 Å². The van der Waals surface area contributed by atoms with E-state index in [-0.39, 0.29) is 27.5 Å². The molecule has 32 heavy (non-hydrogen) atoms. The molecule has 0 spiro atoms. The fourth-order valence-electron chi connectivity index (χ4n) is 3.79. The van der Waals surface area contributed by atoms with Crippen LogP contribution in [0.5, 0.6) is 0 Å². The van der Waals surface area contributed by atoms with E-state index < -0.39 is 17.4 Å². The minimum absolute atomic E-state index is 0.0550. The molecule has 0 aromatic heterocycles. The molecule has 1 aliphatic heterocycles. The van der Waals surface area contributed by atoms with E-state index in [1.807, 2.05) is 19.9 Å². The minimum Gasteiger partial charge on any atom is -0.478 e. The average molecular weight is 452 g/mol. The van der Waals surface area contributed by atoms with Crippen molar-refractivity contribution in [2.75, 3.05) is 11.9 Å². The summed E-state index contributed by atoms with van der Waals surface area (Å²) in [4.78, 5) is 35.8. The fourth-order valence-corrected chi connectivity index (χ4v) is 3.95. The largest absolute Gasteiger partial charge is 0.478 e. The van der Waals surface area contributed by atoms with Gasteiger partial charge in [0.2, 0.25) is 5.43 Å². The zero-order valence-corrected chi connectivity index (χ0v) is 17.9. The van der Waals surface area contributed by atoms with Crippen LogP contribution in [-0.4, -0.2) is 28.7 Å². The van der Waals surface area contributed by atoms with Crippen molar-refractivity contribution in [3.63, 3.8) is 0 Å². The van der Waals surface area contributed by atoms with Gasteiger partial charge < -0.3 is 19.9 Å². The van der Waals surface area contributed by atoms with E-state index >= 15 is 0 Å². The second-order valence-electron chi connectivity index (χ2n) is 7.32. The van der Waals surface area contributed by atoms with Gasteiger partial charge in [-0.05, 0) is 55.3 Å². The van der Waals surface area contributed by atoms with Gasteiger partial charge in [-0.2, -0.15) is 0 Å². The first-order valence-electron chi connectivity index (χ1n) is 9.76.